The summed E-state index contributed by atoms with van der Waals surface area (Å²) in [4.78, 5) is 4.22. The SMILES string of the molecule is Nc1ccc(-c2ccccc2-c2nccs2)cc1OS(=O)(=O)C(F)(F)F. The lowest BCUT2D eigenvalue weighted by Crippen LogP contribution is -2.28. The second-order valence-corrected chi connectivity index (χ2v) is 7.55. The van der Waals surface area contributed by atoms with Crippen molar-refractivity contribution in [3.63, 3.8) is 0 Å². The number of halogens is 3. The highest BCUT2D eigenvalue weighted by Crippen LogP contribution is 2.37. The highest BCUT2D eigenvalue weighted by atomic mass is 32.2. The minimum atomic E-state index is -5.82. The number of thiazole rings is 1. The molecular formula is C16H11F3N2O3S2. The van der Waals surface area contributed by atoms with E-state index in [0.717, 1.165) is 11.6 Å². The summed E-state index contributed by atoms with van der Waals surface area (Å²) in [6, 6.07) is 11.1. The Bertz CT molecular complexity index is 1030. The van der Waals surface area contributed by atoms with E-state index < -0.39 is 21.4 Å². The Balaban J connectivity index is 2.08. The molecule has 0 saturated heterocycles. The molecule has 0 fully saturated rings. The number of benzene rings is 2. The van der Waals surface area contributed by atoms with Crippen LogP contribution >= 0.6 is 11.3 Å². The fourth-order valence-corrected chi connectivity index (χ4v) is 3.37. The van der Waals surface area contributed by atoms with Gasteiger partial charge in [0, 0.05) is 17.1 Å². The fourth-order valence-electron chi connectivity index (χ4n) is 2.22. The van der Waals surface area contributed by atoms with E-state index in [1.165, 1.54) is 17.4 Å². The lowest BCUT2D eigenvalue weighted by Gasteiger charge is -2.13. The number of rotatable bonds is 4. The number of hydrogen-bond donors (Lipinski definition) is 1. The smallest absolute Gasteiger partial charge is 0.396 e. The molecule has 0 saturated carbocycles. The van der Waals surface area contributed by atoms with Crippen LogP contribution in [0.3, 0.4) is 0 Å². The number of alkyl halides is 3. The molecular weight excluding hydrogens is 389 g/mol. The van der Waals surface area contributed by atoms with Crippen molar-refractivity contribution in [1.29, 1.82) is 0 Å². The normalized spacial score (nSPS) is 12.1. The van der Waals surface area contributed by atoms with Gasteiger partial charge in [0.1, 0.15) is 5.01 Å². The van der Waals surface area contributed by atoms with Gasteiger partial charge in [-0.2, -0.15) is 21.6 Å². The Hall–Kier alpha value is -2.59. The van der Waals surface area contributed by atoms with Gasteiger partial charge < -0.3 is 9.92 Å². The molecule has 10 heteroatoms. The zero-order valence-electron chi connectivity index (χ0n) is 12.9. The lowest BCUT2D eigenvalue weighted by molar-refractivity contribution is -0.0499. The van der Waals surface area contributed by atoms with E-state index in [2.05, 4.69) is 9.17 Å². The summed E-state index contributed by atoms with van der Waals surface area (Å²) in [6.45, 7) is 0. The highest BCUT2D eigenvalue weighted by Gasteiger charge is 2.48. The maximum Gasteiger partial charge on any atom is 0.534 e. The molecule has 3 aromatic rings. The van der Waals surface area contributed by atoms with Crippen molar-refractivity contribution >= 4 is 27.1 Å². The van der Waals surface area contributed by atoms with Crippen molar-refractivity contribution in [1.82, 2.24) is 4.98 Å². The Kier molecular flexibility index (Phi) is 4.63. The second-order valence-electron chi connectivity index (χ2n) is 5.12. The molecule has 1 heterocycles. The number of nitrogens with zero attached hydrogens (tertiary/aromatic N) is 1. The molecule has 0 amide bonds. The summed E-state index contributed by atoms with van der Waals surface area (Å²) in [5, 5.41) is 2.50. The van der Waals surface area contributed by atoms with Crippen LogP contribution in [0.5, 0.6) is 5.75 Å². The third-order valence-corrected chi connectivity index (χ3v) is 5.17. The minimum absolute atomic E-state index is 0.228. The molecule has 136 valence electrons. The van der Waals surface area contributed by atoms with Crippen LogP contribution in [0.4, 0.5) is 18.9 Å². The summed E-state index contributed by atoms with van der Waals surface area (Å²) >= 11 is 1.39. The van der Waals surface area contributed by atoms with Crippen LogP contribution in [-0.4, -0.2) is 18.9 Å². The number of hydrogen-bond acceptors (Lipinski definition) is 6. The molecule has 0 radical (unpaired) electrons. The van der Waals surface area contributed by atoms with Crippen LogP contribution in [0.2, 0.25) is 0 Å². The quantitative estimate of drug-likeness (QED) is 0.401. The Labute approximate surface area is 151 Å². The van der Waals surface area contributed by atoms with E-state index in [0.29, 0.717) is 16.1 Å². The van der Waals surface area contributed by atoms with Crippen LogP contribution in [0.15, 0.2) is 54.0 Å². The zero-order valence-corrected chi connectivity index (χ0v) is 14.5. The zero-order chi connectivity index (χ0) is 18.9. The van der Waals surface area contributed by atoms with Gasteiger partial charge in [0.05, 0.1) is 5.69 Å². The molecule has 0 aliphatic heterocycles. The fraction of sp³-hybridized carbons (Fsp3) is 0.0625. The van der Waals surface area contributed by atoms with Crippen LogP contribution in [-0.2, 0) is 10.1 Å². The van der Waals surface area contributed by atoms with Crippen molar-refractivity contribution in [2.24, 2.45) is 0 Å². The number of anilines is 1. The van der Waals surface area contributed by atoms with Gasteiger partial charge in [0.25, 0.3) is 0 Å². The third kappa shape index (κ3) is 3.51. The molecule has 0 aliphatic rings. The molecule has 3 rings (SSSR count). The van der Waals surface area contributed by atoms with E-state index in [4.69, 9.17) is 5.73 Å². The largest absolute Gasteiger partial charge is 0.534 e. The van der Waals surface area contributed by atoms with Crippen LogP contribution in [0, 0.1) is 0 Å². The topological polar surface area (TPSA) is 82.3 Å². The average molecular weight is 400 g/mol. The van der Waals surface area contributed by atoms with Crippen molar-refractivity contribution in [3.8, 4) is 27.4 Å². The van der Waals surface area contributed by atoms with Gasteiger partial charge in [-0.05, 0) is 23.3 Å². The van der Waals surface area contributed by atoms with Crippen molar-refractivity contribution < 1.29 is 25.8 Å². The first kappa shape index (κ1) is 18.2. The first-order valence-corrected chi connectivity index (χ1v) is 9.37. The number of nitrogens with two attached hydrogens (primary N) is 1. The molecule has 0 unspecified atom stereocenters. The lowest BCUT2D eigenvalue weighted by atomic mass is 9.99. The maximum atomic E-state index is 12.6. The van der Waals surface area contributed by atoms with E-state index in [9.17, 15) is 21.6 Å². The molecule has 2 N–H and O–H groups in total. The van der Waals surface area contributed by atoms with Gasteiger partial charge in [0.15, 0.2) is 5.75 Å². The standard InChI is InChI=1S/C16H11F3N2O3S2/c17-16(18,19)26(22,23)24-14-9-10(5-6-13(14)20)11-3-1-2-4-12(11)15-21-7-8-25-15/h1-9H,20H2. The Morgan fingerprint density at radius 3 is 2.38 bits per heavy atom. The average Bonchev–Trinajstić information content (AvgIpc) is 3.10. The molecule has 0 bridgehead atoms. The first-order valence-electron chi connectivity index (χ1n) is 7.08. The van der Waals surface area contributed by atoms with Gasteiger partial charge in [-0.25, -0.2) is 4.98 Å². The monoisotopic (exact) mass is 400 g/mol. The molecule has 5 nitrogen and oxygen atoms in total. The van der Waals surface area contributed by atoms with Crippen LogP contribution in [0.25, 0.3) is 21.7 Å². The van der Waals surface area contributed by atoms with Gasteiger partial charge >= 0.3 is 15.6 Å². The molecule has 0 atom stereocenters. The summed E-state index contributed by atoms with van der Waals surface area (Å²) < 4.78 is 64.4. The molecule has 2 aromatic carbocycles. The molecule has 0 spiro atoms. The number of aromatic nitrogens is 1. The summed E-state index contributed by atoms with van der Waals surface area (Å²) in [5.41, 5.74) is 1.65. The van der Waals surface area contributed by atoms with Crippen molar-refractivity contribution in [2.75, 3.05) is 5.73 Å². The maximum absolute atomic E-state index is 12.6. The number of nitrogen functional groups attached to an aromatic ring is 1. The van der Waals surface area contributed by atoms with Gasteiger partial charge in [-0.1, -0.05) is 30.3 Å². The van der Waals surface area contributed by atoms with Crippen molar-refractivity contribution in [2.45, 2.75) is 5.51 Å². The molecule has 0 aliphatic carbocycles. The summed E-state index contributed by atoms with van der Waals surface area (Å²) in [6.07, 6.45) is 1.63. The Morgan fingerprint density at radius 1 is 1.08 bits per heavy atom. The van der Waals surface area contributed by atoms with Gasteiger partial charge in [-0.15, -0.1) is 11.3 Å². The predicted molar refractivity (Wildman–Crippen MR) is 93.0 cm³/mol. The minimum Gasteiger partial charge on any atom is -0.396 e. The second kappa shape index (κ2) is 6.61. The Morgan fingerprint density at radius 2 is 1.77 bits per heavy atom. The van der Waals surface area contributed by atoms with E-state index in [1.807, 2.05) is 0 Å². The third-order valence-electron chi connectivity index (χ3n) is 3.40. The van der Waals surface area contributed by atoms with Crippen LogP contribution < -0.4 is 9.92 Å². The van der Waals surface area contributed by atoms with Gasteiger partial charge in [-0.3, -0.25) is 0 Å². The van der Waals surface area contributed by atoms with Crippen LogP contribution in [0.1, 0.15) is 0 Å². The summed E-state index contributed by atoms with van der Waals surface area (Å²) in [5.74, 6) is -0.589. The van der Waals surface area contributed by atoms with E-state index >= 15 is 0 Å². The van der Waals surface area contributed by atoms with E-state index in [-0.39, 0.29) is 5.69 Å². The van der Waals surface area contributed by atoms with E-state index in [1.54, 1.807) is 41.9 Å². The van der Waals surface area contributed by atoms with Gasteiger partial charge in [0.2, 0.25) is 0 Å². The predicted octanol–water partition coefficient (Wildman–Crippen LogP) is 4.29. The van der Waals surface area contributed by atoms with Crippen molar-refractivity contribution in [3.05, 3.63) is 54.0 Å². The first-order chi connectivity index (χ1) is 12.2. The summed E-state index contributed by atoms with van der Waals surface area (Å²) in [7, 11) is -5.82. The highest BCUT2D eigenvalue weighted by molar-refractivity contribution is 7.88. The molecule has 1 aromatic heterocycles. The molecule has 26 heavy (non-hydrogen) atoms.